The molecule has 0 spiro atoms. The number of rotatable bonds is 8. The van der Waals surface area contributed by atoms with Gasteiger partial charge in [-0.05, 0) is 52.5 Å². The molecule has 1 aliphatic heterocycles. The number of ether oxygens (including phenoxy) is 3. The highest BCUT2D eigenvalue weighted by Crippen LogP contribution is 2.37. The molecule has 1 atom stereocenters. The fourth-order valence-corrected chi connectivity index (χ4v) is 5.90. The van der Waals surface area contributed by atoms with Crippen molar-refractivity contribution in [3.63, 3.8) is 0 Å². The van der Waals surface area contributed by atoms with Crippen LogP contribution in [0.3, 0.4) is 0 Å². The van der Waals surface area contributed by atoms with E-state index in [-0.39, 0.29) is 35.7 Å². The van der Waals surface area contributed by atoms with Crippen molar-refractivity contribution in [3.8, 4) is 17.1 Å². The van der Waals surface area contributed by atoms with Gasteiger partial charge in [0.2, 0.25) is 0 Å². The number of carbonyl (C=O) groups is 1. The zero-order valence-corrected chi connectivity index (χ0v) is 24.9. The molecule has 1 aliphatic carbocycles. The molecular formula is C29H33ClFN7O5. The zero-order valence-electron chi connectivity index (χ0n) is 24.1. The van der Waals surface area contributed by atoms with Gasteiger partial charge in [-0.15, -0.1) is 0 Å². The largest absolute Gasteiger partial charge is 0.472 e. The van der Waals surface area contributed by atoms with Gasteiger partial charge in [-0.1, -0.05) is 11.6 Å². The highest BCUT2D eigenvalue weighted by Gasteiger charge is 2.33. The van der Waals surface area contributed by atoms with Gasteiger partial charge in [0.15, 0.2) is 11.6 Å². The third-order valence-electron chi connectivity index (χ3n) is 7.81. The molecule has 0 unspecified atom stereocenters. The van der Waals surface area contributed by atoms with E-state index < -0.39 is 17.7 Å². The molecule has 2 aliphatic rings. The van der Waals surface area contributed by atoms with Gasteiger partial charge in [0.25, 0.3) is 5.88 Å². The van der Waals surface area contributed by atoms with Crippen molar-refractivity contribution in [1.29, 1.82) is 0 Å². The fourth-order valence-electron chi connectivity index (χ4n) is 5.76. The number of anilines is 1. The first-order chi connectivity index (χ1) is 20.6. The van der Waals surface area contributed by atoms with Crippen molar-refractivity contribution in [1.82, 2.24) is 29.5 Å². The summed E-state index contributed by atoms with van der Waals surface area (Å²) >= 11 is 5.82. The van der Waals surface area contributed by atoms with E-state index in [0.29, 0.717) is 37.5 Å². The molecule has 0 radical (unpaired) electrons. The SMILES string of the molecule is CCN(C(=O)O)c1cc2c(cn1)c(-c1cnn(C[C@@H]3COC(C)(C)O3)c1)nn2C1CCC(Oc2ncc(Cl)cc2F)CC1. The Morgan fingerprint density at radius 3 is 2.67 bits per heavy atom. The Hall–Kier alpha value is -3.81. The van der Waals surface area contributed by atoms with Crippen LogP contribution in [0.5, 0.6) is 5.88 Å². The van der Waals surface area contributed by atoms with Gasteiger partial charge < -0.3 is 19.3 Å². The van der Waals surface area contributed by atoms with Gasteiger partial charge in [-0.25, -0.2) is 19.2 Å². The van der Waals surface area contributed by atoms with Crippen LogP contribution in [0, 0.1) is 5.82 Å². The van der Waals surface area contributed by atoms with E-state index in [9.17, 15) is 14.3 Å². The molecule has 4 aromatic heterocycles. The van der Waals surface area contributed by atoms with Crippen molar-refractivity contribution >= 4 is 34.4 Å². The summed E-state index contributed by atoms with van der Waals surface area (Å²) in [5.41, 5.74) is 2.29. The van der Waals surface area contributed by atoms with Crippen LogP contribution in [0.2, 0.25) is 5.02 Å². The van der Waals surface area contributed by atoms with Gasteiger partial charge in [-0.3, -0.25) is 14.3 Å². The van der Waals surface area contributed by atoms with Crippen molar-refractivity contribution in [2.24, 2.45) is 0 Å². The van der Waals surface area contributed by atoms with Crippen LogP contribution in [-0.4, -0.2) is 71.9 Å². The highest BCUT2D eigenvalue weighted by molar-refractivity contribution is 6.30. The van der Waals surface area contributed by atoms with E-state index in [1.54, 1.807) is 25.4 Å². The summed E-state index contributed by atoms with van der Waals surface area (Å²) in [6.07, 6.45) is 8.08. The van der Waals surface area contributed by atoms with Gasteiger partial charge >= 0.3 is 6.09 Å². The second-order valence-corrected chi connectivity index (χ2v) is 11.7. The molecule has 1 saturated heterocycles. The highest BCUT2D eigenvalue weighted by atomic mass is 35.5. The number of carboxylic acid groups (broad SMARTS) is 1. The summed E-state index contributed by atoms with van der Waals surface area (Å²) in [5, 5.41) is 20.3. The molecule has 5 heterocycles. The van der Waals surface area contributed by atoms with Crippen LogP contribution < -0.4 is 9.64 Å². The molecule has 14 heteroatoms. The van der Waals surface area contributed by atoms with Gasteiger partial charge in [0.1, 0.15) is 23.7 Å². The Bertz CT molecular complexity index is 1630. The lowest BCUT2D eigenvalue weighted by Gasteiger charge is -2.29. The molecule has 43 heavy (non-hydrogen) atoms. The molecule has 1 amide bonds. The standard InChI is InChI=1S/C29H33ClFN7O5/c1-4-37(28(39)40)25-10-24-22(13-32-25)26(17-11-34-36(14-17)15-21-16-41-29(2,3)43-21)35-38(24)19-5-7-20(8-6-19)42-27-23(31)9-18(30)12-33-27/h9-14,19-21H,4-8,15-16H2,1-3H3,(H,39,40)/t19?,20?,21-/m1/s1. The number of halogens is 2. The molecule has 0 aromatic carbocycles. The average Bonchev–Trinajstić information content (AvgIpc) is 3.67. The van der Waals surface area contributed by atoms with E-state index >= 15 is 0 Å². The molecule has 228 valence electrons. The Morgan fingerprint density at radius 1 is 1.21 bits per heavy atom. The maximum atomic E-state index is 14.3. The molecule has 1 N–H and O–H groups in total. The van der Waals surface area contributed by atoms with Crippen LogP contribution in [0.4, 0.5) is 15.0 Å². The van der Waals surface area contributed by atoms with E-state index in [1.807, 2.05) is 29.4 Å². The van der Waals surface area contributed by atoms with E-state index in [0.717, 1.165) is 29.3 Å². The quantitative estimate of drug-likeness (QED) is 0.266. The molecule has 6 rings (SSSR count). The first-order valence-corrected chi connectivity index (χ1v) is 14.7. The Kier molecular flexibility index (Phi) is 7.96. The Labute approximate surface area is 252 Å². The van der Waals surface area contributed by atoms with Crippen molar-refractivity contribution in [2.75, 3.05) is 18.1 Å². The lowest BCUT2D eigenvalue weighted by molar-refractivity contribution is -0.139. The minimum absolute atomic E-state index is 0.00981. The zero-order chi connectivity index (χ0) is 30.3. The number of amides is 1. The normalized spacial score (nSPS) is 21.7. The Morgan fingerprint density at radius 2 is 2.00 bits per heavy atom. The second kappa shape index (κ2) is 11.7. The summed E-state index contributed by atoms with van der Waals surface area (Å²) in [6, 6.07) is 2.97. The Balaban J connectivity index is 1.27. The molecule has 12 nitrogen and oxygen atoms in total. The minimum atomic E-state index is -1.08. The van der Waals surface area contributed by atoms with E-state index in [1.165, 1.54) is 17.2 Å². The topological polar surface area (TPSA) is 130 Å². The van der Waals surface area contributed by atoms with Crippen LogP contribution in [-0.2, 0) is 16.0 Å². The maximum absolute atomic E-state index is 14.3. The van der Waals surface area contributed by atoms with Crippen molar-refractivity contribution in [2.45, 2.75) is 77.0 Å². The molecular weight excluding hydrogens is 581 g/mol. The lowest BCUT2D eigenvalue weighted by Crippen LogP contribution is -2.29. The van der Waals surface area contributed by atoms with Gasteiger partial charge in [-0.2, -0.15) is 10.2 Å². The summed E-state index contributed by atoms with van der Waals surface area (Å²) < 4.78 is 35.5. The van der Waals surface area contributed by atoms with Gasteiger partial charge in [0.05, 0.1) is 35.9 Å². The fraction of sp³-hybridized carbons (Fsp3) is 0.483. The number of hydrogen-bond acceptors (Lipinski definition) is 8. The number of aromatic nitrogens is 6. The average molecular weight is 614 g/mol. The summed E-state index contributed by atoms with van der Waals surface area (Å²) in [4.78, 5) is 21.5. The number of hydrogen-bond donors (Lipinski definition) is 1. The smallest absolute Gasteiger partial charge is 0.412 e. The summed E-state index contributed by atoms with van der Waals surface area (Å²) in [5.74, 6) is -0.940. The van der Waals surface area contributed by atoms with Gasteiger partial charge in [0, 0.05) is 42.2 Å². The summed E-state index contributed by atoms with van der Waals surface area (Å²) in [7, 11) is 0. The van der Waals surface area contributed by atoms with Crippen LogP contribution in [0.1, 0.15) is 52.5 Å². The maximum Gasteiger partial charge on any atom is 0.412 e. The van der Waals surface area contributed by atoms with Crippen LogP contribution in [0.15, 0.2) is 36.9 Å². The predicted molar refractivity (Wildman–Crippen MR) is 156 cm³/mol. The molecule has 0 bridgehead atoms. The number of nitrogens with zero attached hydrogens (tertiary/aromatic N) is 7. The first kappa shape index (κ1) is 29.3. The lowest BCUT2D eigenvalue weighted by atomic mass is 9.93. The number of fused-ring (bicyclic) bond motifs is 1. The first-order valence-electron chi connectivity index (χ1n) is 14.3. The third-order valence-corrected chi connectivity index (χ3v) is 8.01. The third kappa shape index (κ3) is 6.15. The molecule has 4 aromatic rings. The van der Waals surface area contributed by atoms with E-state index in [2.05, 4.69) is 15.1 Å². The molecule has 2 fully saturated rings. The number of pyridine rings is 2. The molecule has 1 saturated carbocycles. The van der Waals surface area contributed by atoms with Crippen LogP contribution in [0.25, 0.3) is 22.2 Å². The second-order valence-electron chi connectivity index (χ2n) is 11.3. The monoisotopic (exact) mass is 613 g/mol. The minimum Gasteiger partial charge on any atom is -0.472 e. The van der Waals surface area contributed by atoms with E-state index in [4.69, 9.17) is 30.9 Å². The van der Waals surface area contributed by atoms with Crippen molar-refractivity contribution < 1.29 is 28.5 Å². The van der Waals surface area contributed by atoms with Crippen LogP contribution >= 0.6 is 11.6 Å². The van der Waals surface area contributed by atoms with Crippen molar-refractivity contribution in [3.05, 3.63) is 47.8 Å². The summed E-state index contributed by atoms with van der Waals surface area (Å²) in [6.45, 7) is 6.80. The predicted octanol–water partition coefficient (Wildman–Crippen LogP) is 5.70.